The highest BCUT2D eigenvalue weighted by molar-refractivity contribution is 7.89. The average Bonchev–Trinajstić information content (AvgIpc) is 2.68. The number of amides is 1. The molecule has 1 heterocycles. The number of rotatable bonds is 6. The van der Waals surface area contributed by atoms with E-state index in [-0.39, 0.29) is 29.5 Å². The van der Waals surface area contributed by atoms with Crippen molar-refractivity contribution in [3.8, 4) is 5.75 Å². The van der Waals surface area contributed by atoms with Crippen LogP contribution in [0.2, 0.25) is 5.02 Å². The normalized spacial score (nSPS) is 15.5. The molecular weight excluding hydrogens is 400 g/mol. The second-order valence-electron chi connectivity index (χ2n) is 6.85. The van der Waals surface area contributed by atoms with E-state index in [0.717, 1.165) is 12.8 Å². The number of aromatic hydroxyl groups is 1. The fourth-order valence-corrected chi connectivity index (χ4v) is 4.71. The predicted molar refractivity (Wildman–Crippen MR) is 108 cm³/mol. The van der Waals surface area contributed by atoms with Crippen molar-refractivity contribution in [3.63, 3.8) is 0 Å². The minimum atomic E-state index is -3.68. The van der Waals surface area contributed by atoms with E-state index >= 15 is 0 Å². The molecule has 2 N–H and O–H groups in total. The van der Waals surface area contributed by atoms with Crippen molar-refractivity contribution in [2.45, 2.75) is 30.1 Å². The Morgan fingerprint density at radius 2 is 1.82 bits per heavy atom. The lowest BCUT2D eigenvalue weighted by Crippen LogP contribution is -2.39. The summed E-state index contributed by atoms with van der Waals surface area (Å²) in [6.07, 6.45) is 1.82. The molecule has 150 valence electrons. The molecule has 0 aliphatic carbocycles. The first-order chi connectivity index (χ1) is 13.3. The Morgan fingerprint density at radius 1 is 1.14 bits per heavy atom. The molecule has 6 nitrogen and oxygen atoms in total. The smallest absolute Gasteiger partial charge is 0.240 e. The van der Waals surface area contributed by atoms with Crippen molar-refractivity contribution in [2.24, 2.45) is 0 Å². The van der Waals surface area contributed by atoms with Crippen LogP contribution in [0.25, 0.3) is 0 Å². The lowest BCUT2D eigenvalue weighted by atomic mass is 9.89. The van der Waals surface area contributed by atoms with E-state index in [4.69, 9.17) is 11.6 Å². The number of likely N-dealkylation sites (tertiary alicyclic amines) is 1. The van der Waals surface area contributed by atoms with Gasteiger partial charge < -0.3 is 10.0 Å². The summed E-state index contributed by atoms with van der Waals surface area (Å²) < 4.78 is 27.0. The van der Waals surface area contributed by atoms with Crippen LogP contribution >= 0.6 is 11.6 Å². The highest BCUT2D eigenvalue weighted by Gasteiger charge is 2.24. The first-order valence-electron chi connectivity index (χ1n) is 9.17. The zero-order valence-corrected chi connectivity index (χ0v) is 16.9. The number of nitrogens with one attached hydrogen (secondary N) is 1. The number of piperidine rings is 1. The number of phenols is 1. The van der Waals surface area contributed by atoms with Gasteiger partial charge in [-0.15, -0.1) is 0 Å². The van der Waals surface area contributed by atoms with Gasteiger partial charge in [0, 0.05) is 31.1 Å². The lowest BCUT2D eigenvalue weighted by molar-refractivity contribution is -0.132. The number of benzene rings is 2. The molecule has 1 saturated heterocycles. The van der Waals surface area contributed by atoms with E-state index in [0.29, 0.717) is 24.0 Å². The van der Waals surface area contributed by atoms with Gasteiger partial charge in [-0.3, -0.25) is 4.79 Å². The molecular formula is C20H23ClN2O4S. The van der Waals surface area contributed by atoms with Gasteiger partial charge in [-0.05, 0) is 54.7 Å². The zero-order valence-electron chi connectivity index (χ0n) is 15.3. The van der Waals surface area contributed by atoms with Gasteiger partial charge in [0.1, 0.15) is 5.75 Å². The Bertz CT molecular complexity index is 923. The van der Waals surface area contributed by atoms with Crippen LogP contribution in [-0.2, 0) is 14.8 Å². The van der Waals surface area contributed by atoms with E-state index in [1.54, 1.807) is 29.2 Å². The minimum Gasteiger partial charge on any atom is -0.508 e. The number of carbonyl (C=O) groups excluding carboxylic acids is 1. The molecule has 1 fully saturated rings. The van der Waals surface area contributed by atoms with Crippen molar-refractivity contribution < 1.29 is 18.3 Å². The van der Waals surface area contributed by atoms with Gasteiger partial charge in [0.25, 0.3) is 0 Å². The second-order valence-corrected chi connectivity index (χ2v) is 9.06. The third-order valence-corrected chi connectivity index (χ3v) is 6.64. The highest BCUT2D eigenvalue weighted by atomic mass is 35.5. The van der Waals surface area contributed by atoms with Crippen LogP contribution in [0.1, 0.15) is 30.7 Å². The summed E-state index contributed by atoms with van der Waals surface area (Å²) in [5.41, 5.74) is 1.17. The molecule has 0 aromatic heterocycles. The molecule has 0 radical (unpaired) electrons. The van der Waals surface area contributed by atoms with Gasteiger partial charge in [-0.2, -0.15) is 0 Å². The molecule has 0 saturated carbocycles. The van der Waals surface area contributed by atoms with Crippen LogP contribution < -0.4 is 4.72 Å². The summed E-state index contributed by atoms with van der Waals surface area (Å²) >= 11 is 5.84. The fourth-order valence-electron chi connectivity index (χ4n) is 3.38. The van der Waals surface area contributed by atoms with Crippen LogP contribution in [-0.4, -0.2) is 44.0 Å². The summed E-state index contributed by atoms with van der Waals surface area (Å²) in [6.45, 7) is 1.34. The monoisotopic (exact) mass is 422 g/mol. The molecule has 0 bridgehead atoms. The SMILES string of the molecule is O=C(CCNS(=O)(=O)c1cccc(Cl)c1)N1CCC(c2ccc(O)cc2)CC1. The molecule has 3 rings (SSSR count). The summed E-state index contributed by atoms with van der Waals surface area (Å²) in [6, 6.07) is 13.2. The third kappa shape index (κ3) is 5.25. The van der Waals surface area contributed by atoms with Crippen LogP contribution in [0.4, 0.5) is 0 Å². The molecule has 1 amide bonds. The zero-order chi connectivity index (χ0) is 20.1. The largest absolute Gasteiger partial charge is 0.508 e. The van der Waals surface area contributed by atoms with Crippen molar-refractivity contribution >= 4 is 27.5 Å². The number of nitrogens with zero attached hydrogens (tertiary/aromatic N) is 1. The molecule has 28 heavy (non-hydrogen) atoms. The van der Waals surface area contributed by atoms with Gasteiger partial charge in [0.2, 0.25) is 15.9 Å². The van der Waals surface area contributed by atoms with E-state index < -0.39 is 10.0 Å². The first-order valence-corrected chi connectivity index (χ1v) is 11.0. The number of hydrogen-bond donors (Lipinski definition) is 2. The Labute approximate surface area is 170 Å². The molecule has 0 unspecified atom stereocenters. The summed E-state index contributed by atoms with van der Waals surface area (Å²) in [5.74, 6) is 0.556. The van der Waals surface area contributed by atoms with Gasteiger partial charge in [0.15, 0.2) is 0 Å². The van der Waals surface area contributed by atoms with Gasteiger partial charge in [0.05, 0.1) is 4.90 Å². The maximum Gasteiger partial charge on any atom is 0.240 e. The Morgan fingerprint density at radius 3 is 2.46 bits per heavy atom. The molecule has 2 aromatic carbocycles. The number of hydrogen-bond acceptors (Lipinski definition) is 4. The van der Waals surface area contributed by atoms with E-state index in [1.807, 2.05) is 12.1 Å². The summed E-state index contributed by atoms with van der Waals surface area (Å²) in [5, 5.41) is 9.73. The minimum absolute atomic E-state index is 0.0472. The molecule has 1 aliphatic heterocycles. The number of sulfonamides is 1. The Hall–Kier alpha value is -2.09. The topological polar surface area (TPSA) is 86.7 Å². The summed E-state index contributed by atoms with van der Waals surface area (Å²) in [4.78, 5) is 14.3. The molecule has 8 heteroatoms. The molecule has 2 aromatic rings. The Balaban J connectivity index is 1.46. The van der Waals surface area contributed by atoms with Gasteiger partial charge >= 0.3 is 0 Å². The van der Waals surface area contributed by atoms with Crippen LogP contribution in [0, 0.1) is 0 Å². The van der Waals surface area contributed by atoms with E-state index in [1.165, 1.54) is 17.7 Å². The quantitative estimate of drug-likeness (QED) is 0.748. The first kappa shape index (κ1) is 20.6. The standard InChI is InChI=1S/C20H23ClN2O4S/c21-17-2-1-3-19(14-17)28(26,27)22-11-8-20(25)23-12-9-16(10-13-23)15-4-6-18(24)7-5-15/h1-7,14,16,22,24H,8-13H2. The van der Waals surface area contributed by atoms with Crippen molar-refractivity contribution in [1.82, 2.24) is 9.62 Å². The van der Waals surface area contributed by atoms with Crippen LogP contribution in [0.3, 0.4) is 0 Å². The number of phenolic OH excluding ortho intramolecular Hbond substituents is 1. The van der Waals surface area contributed by atoms with Crippen molar-refractivity contribution in [1.29, 1.82) is 0 Å². The van der Waals surface area contributed by atoms with Crippen molar-refractivity contribution in [2.75, 3.05) is 19.6 Å². The number of carbonyl (C=O) groups is 1. The molecule has 0 atom stereocenters. The Kier molecular flexibility index (Phi) is 6.59. The third-order valence-electron chi connectivity index (χ3n) is 4.95. The fraction of sp³-hybridized carbons (Fsp3) is 0.350. The molecule has 0 spiro atoms. The molecule has 1 aliphatic rings. The van der Waals surface area contributed by atoms with Gasteiger partial charge in [-0.1, -0.05) is 29.8 Å². The van der Waals surface area contributed by atoms with E-state index in [2.05, 4.69) is 4.72 Å². The van der Waals surface area contributed by atoms with Crippen LogP contribution in [0.15, 0.2) is 53.4 Å². The summed E-state index contributed by atoms with van der Waals surface area (Å²) in [7, 11) is -3.68. The van der Waals surface area contributed by atoms with E-state index in [9.17, 15) is 18.3 Å². The maximum absolute atomic E-state index is 12.4. The second kappa shape index (κ2) is 8.94. The highest BCUT2D eigenvalue weighted by Crippen LogP contribution is 2.29. The van der Waals surface area contributed by atoms with Crippen molar-refractivity contribution in [3.05, 3.63) is 59.1 Å². The number of halogens is 1. The lowest BCUT2D eigenvalue weighted by Gasteiger charge is -2.32. The predicted octanol–water partition coefficient (Wildman–Crippen LogP) is 3.12. The maximum atomic E-state index is 12.4. The van der Waals surface area contributed by atoms with Crippen LogP contribution in [0.5, 0.6) is 5.75 Å². The average molecular weight is 423 g/mol. The van der Waals surface area contributed by atoms with Gasteiger partial charge in [-0.25, -0.2) is 13.1 Å².